The number of carboxylic acid groups (broad SMARTS) is 2. The lowest BCUT2D eigenvalue weighted by Gasteiger charge is -2.36. The van der Waals surface area contributed by atoms with Crippen molar-refractivity contribution in [3.8, 4) is 11.5 Å². The third kappa shape index (κ3) is 10.3. The van der Waals surface area contributed by atoms with Crippen LogP contribution in [-0.4, -0.2) is 52.7 Å². The minimum Gasteiger partial charge on any atom is -0.478 e. The third-order valence-corrected chi connectivity index (χ3v) is 5.11. The van der Waals surface area contributed by atoms with Gasteiger partial charge >= 0.3 is 11.9 Å². The standard InChI is InChI=1S/C22H30N2O.C4H4O4/c1-18(2)16-24(20-12-14-23-15-13-20)17-19-8-6-7-11-22(19)25-21-9-4-3-5-10-21;5-3(6)1-2-4(7)8/h3-11,18,20,23H,12-17H2,1-2H3;1-2H,(H,5,6)(H,7,8). The maximum absolute atomic E-state index is 9.55. The van der Waals surface area contributed by atoms with Crippen LogP contribution in [0.1, 0.15) is 32.3 Å². The molecule has 1 heterocycles. The van der Waals surface area contributed by atoms with E-state index in [9.17, 15) is 9.59 Å². The van der Waals surface area contributed by atoms with Gasteiger partial charge in [-0.1, -0.05) is 50.2 Å². The normalized spacial score (nSPS) is 14.2. The van der Waals surface area contributed by atoms with E-state index in [-0.39, 0.29) is 0 Å². The molecule has 0 unspecified atom stereocenters. The zero-order chi connectivity index (χ0) is 24.1. The van der Waals surface area contributed by atoms with Crippen LogP contribution in [-0.2, 0) is 16.1 Å². The highest BCUT2D eigenvalue weighted by molar-refractivity contribution is 5.89. The summed E-state index contributed by atoms with van der Waals surface area (Å²) in [7, 11) is 0. The Hall–Kier alpha value is -3.16. The number of hydrogen-bond donors (Lipinski definition) is 3. The van der Waals surface area contributed by atoms with Gasteiger partial charge in [0.15, 0.2) is 0 Å². The predicted molar refractivity (Wildman–Crippen MR) is 129 cm³/mol. The summed E-state index contributed by atoms with van der Waals surface area (Å²) < 4.78 is 6.16. The summed E-state index contributed by atoms with van der Waals surface area (Å²) in [5.41, 5.74) is 1.27. The number of rotatable bonds is 9. The van der Waals surface area contributed by atoms with Crippen LogP contribution in [0.4, 0.5) is 0 Å². The summed E-state index contributed by atoms with van der Waals surface area (Å²) in [6, 6.07) is 19.2. The van der Waals surface area contributed by atoms with Crippen LogP contribution < -0.4 is 10.1 Å². The van der Waals surface area contributed by atoms with Gasteiger partial charge in [0, 0.05) is 36.8 Å². The Morgan fingerprint density at radius 2 is 1.58 bits per heavy atom. The fourth-order valence-corrected chi connectivity index (χ4v) is 3.69. The fourth-order valence-electron chi connectivity index (χ4n) is 3.69. The average Bonchev–Trinajstić information content (AvgIpc) is 2.80. The van der Waals surface area contributed by atoms with Gasteiger partial charge in [0.1, 0.15) is 11.5 Å². The number of carboxylic acids is 2. The Bertz CT molecular complexity index is 877. The number of benzene rings is 2. The second kappa shape index (κ2) is 14.1. The highest BCUT2D eigenvalue weighted by Gasteiger charge is 2.22. The molecule has 0 amide bonds. The minimum atomic E-state index is -1.26. The van der Waals surface area contributed by atoms with Crippen molar-refractivity contribution in [3.05, 3.63) is 72.3 Å². The van der Waals surface area contributed by atoms with Crippen LogP contribution in [0.5, 0.6) is 11.5 Å². The van der Waals surface area contributed by atoms with E-state index in [0.717, 1.165) is 37.7 Å². The summed E-state index contributed by atoms with van der Waals surface area (Å²) in [5.74, 6) is 0.0144. The van der Waals surface area contributed by atoms with Crippen molar-refractivity contribution in [2.45, 2.75) is 39.3 Å². The van der Waals surface area contributed by atoms with Crippen LogP contribution in [0.3, 0.4) is 0 Å². The molecule has 2 aromatic carbocycles. The molecule has 0 aromatic heterocycles. The van der Waals surface area contributed by atoms with E-state index in [1.165, 1.54) is 18.4 Å². The largest absolute Gasteiger partial charge is 0.478 e. The first-order valence-corrected chi connectivity index (χ1v) is 11.2. The first-order valence-electron chi connectivity index (χ1n) is 11.2. The van der Waals surface area contributed by atoms with Gasteiger partial charge in [0.2, 0.25) is 0 Å². The third-order valence-electron chi connectivity index (χ3n) is 5.11. The number of carbonyl (C=O) groups is 2. The van der Waals surface area contributed by atoms with Gasteiger partial charge in [-0.3, -0.25) is 4.90 Å². The van der Waals surface area contributed by atoms with Crippen LogP contribution >= 0.6 is 0 Å². The maximum atomic E-state index is 9.55. The van der Waals surface area contributed by atoms with Crippen molar-refractivity contribution in [3.63, 3.8) is 0 Å². The minimum absolute atomic E-state index is 0.558. The van der Waals surface area contributed by atoms with Crippen molar-refractivity contribution in [1.82, 2.24) is 10.2 Å². The van der Waals surface area contributed by atoms with Gasteiger partial charge in [0.25, 0.3) is 0 Å². The Labute approximate surface area is 195 Å². The molecule has 0 aliphatic carbocycles. The van der Waals surface area contributed by atoms with Crippen LogP contribution in [0, 0.1) is 5.92 Å². The number of piperidine rings is 1. The zero-order valence-corrected chi connectivity index (χ0v) is 19.3. The van der Waals surface area contributed by atoms with Crippen LogP contribution in [0.2, 0.25) is 0 Å². The molecule has 3 rings (SSSR count). The van der Waals surface area contributed by atoms with E-state index in [0.29, 0.717) is 24.1 Å². The predicted octanol–water partition coefficient (Wildman–Crippen LogP) is 4.40. The Morgan fingerprint density at radius 1 is 1.00 bits per heavy atom. The quantitative estimate of drug-likeness (QED) is 0.483. The van der Waals surface area contributed by atoms with E-state index in [1.807, 2.05) is 30.3 Å². The molecule has 7 heteroatoms. The van der Waals surface area contributed by atoms with Gasteiger partial charge in [-0.05, 0) is 50.0 Å². The van der Waals surface area contributed by atoms with E-state index in [1.54, 1.807) is 0 Å². The van der Waals surface area contributed by atoms with Gasteiger partial charge in [-0.25, -0.2) is 9.59 Å². The molecule has 1 aliphatic heterocycles. The molecular formula is C26H34N2O5. The lowest BCUT2D eigenvalue weighted by atomic mass is 10.0. The molecule has 0 bridgehead atoms. The average molecular weight is 455 g/mol. The van der Waals surface area contributed by atoms with E-state index >= 15 is 0 Å². The first kappa shape index (κ1) is 26.1. The number of nitrogens with one attached hydrogen (secondary N) is 1. The highest BCUT2D eigenvalue weighted by atomic mass is 16.5. The Morgan fingerprint density at radius 3 is 2.15 bits per heavy atom. The van der Waals surface area contributed by atoms with E-state index in [4.69, 9.17) is 14.9 Å². The zero-order valence-electron chi connectivity index (χ0n) is 19.3. The number of hydrogen-bond acceptors (Lipinski definition) is 5. The summed E-state index contributed by atoms with van der Waals surface area (Å²) in [6.45, 7) is 8.94. The smallest absolute Gasteiger partial charge is 0.328 e. The summed E-state index contributed by atoms with van der Waals surface area (Å²) in [4.78, 5) is 21.8. The van der Waals surface area contributed by atoms with Crippen LogP contribution in [0.25, 0.3) is 0 Å². The highest BCUT2D eigenvalue weighted by Crippen LogP contribution is 2.27. The summed E-state index contributed by atoms with van der Waals surface area (Å²) in [5, 5.41) is 19.1. The van der Waals surface area contributed by atoms with E-state index < -0.39 is 11.9 Å². The Kier molecular flexibility index (Phi) is 11.1. The maximum Gasteiger partial charge on any atom is 0.328 e. The number of ether oxygens (including phenoxy) is 1. The van der Waals surface area contributed by atoms with E-state index in [2.05, 4.69) is 48.3 Å². The molecule has 1 saturated heterocycles. The van der Waals surface area contributed by atoms with Crippen LogP contribution in [0.15, 0.2) is 66.7 Å². The second-order valence-electron chi connectivity index (χ2n) is 8.34. The molecule has 7 nitrogen and oxygen atoms in total. The second-order valence-corrected chi connectivity index (χ2v) is 8.34. The van der Waals surface area contributed by atoms with Gasteiger partial charge in [-0.2, -0.15) is 0 Å². The lowest BCUT2D eigenvalue weighted by Crippen LogP contribution is -2.44. The van der Waals surface area contributed by atoms with Crippen molar-refractivity contribution in [1.29, 1.82) is 0 Å². The number of nitrogens with zero attached hydrogens (tertiary/aromatic N) is 1. The fraction of sp³-hybridized carbons (Fsp3) is 0.385. The molecular weight excluding hydrogens is 420 g/mol. The van der Waals surface area contributed by atoms with Gasteiger partial charge in [0.05, 0.1) is 0 Å². The SMILES string of the molecule is CC(C)CN(Cc1ccccc1Oc1ccccc1)C1CCNCC1.O=C(O)C=CC(=O)O. The van der Waals surface area contributed by atoms with Crippen molar-refractivity contribution in [2.24, 2.45) is 5.92 Å². The summed E-state index contributed by atoms with van der Waals surface area (Å²) in [6.07, 6.45) is 3.58. The molecule has 1 aliphatic rings. The van der Waals surface area contributed by atoms with Gasteiger partial charge < -0.3 is 20.3 Å². The molecule has 178 valence electrons. The molecule has 1 fully saturated rings. The van der Waals surface area contributed by atoms with Crippen molar-refractivity contribution < 1.29 is 24.5 Å². The van der Waals surface area contributed by atoms with Crippen molar-refractivity contribution >= 4 is 11.9 Å². The first-order chi connectivity index (χ1) is 15.8. The van der Waals surface area contributed by atoms with Crippen molar-refractivity contribution in [2.75, 3.05) is 19.6 Å². The lowest BCUT2D eigenvalue weighted by molar-refractivity contribution is -0.134. The number of aliphatic carboxylic acids is 2. The Balaban J connectivity index is 0.000000414. The van der Waals surface area contributed by atoms with Gasteiger partial charge in [-0.15, -0.1) is 0 Å². The number of para-hydroxylation sites is 2. The molecule has 0 atom stereocenters. The molecule has 0 radical (unpaired) electrons. The molecule has 2 aromatic rings. The molecule has 0 spiro atoms. The molecule has 3 N–H and O–H groups in total. The topological polar surface area (TPSA) is 99.1 Å². The molecule has 33 heavy (non-hydrogen) atoms. The molecule has 0 saturated carbocycles. The summed E-state index contributed by atoms with van der Waals surface area (Å²) >= 11 is 0. The monoisotopic (exact) mass is 454 g/mol.